The molecule has 3 aliphatic rings. The van der Waals surface area contributed by atoms with Crippen molar-refractivity contribution >= 4 is 17.7 Å². The van der Waals surface area contributed by atoms with Gasteiger partial charge in [-0.15, -0.1) is 5.10 Å². The minimum Gasteiger partial charge on any atom is -0.353 e. The summed E-state index contributed by atoms with van der Waals surface area (Å²) in [5, 5.41) is 9.16. The van der Waals surface area contributed by atoms with Gasteiger partial charge < -0.3 is 9.80 Å². The summed E-state index contributed by atoms with van der Waals surface area (Å²) in [7, 11) is 0. The molecule has 1 saturated heterocycles. The van der Waals surface area contributed by atoms with E-state index in [0.717, 1.165) is 43.0 Å². The first kappa shape index (κ1) is 20.7. The molecule has 5 nitrogen and oxygen atoms in total. The number of halogens is 3. The highest BCUT2D eigenvalue weighted by Crippen LogP contribution is 2.32. The fourth-order valence-electron chi connectivity index (χ4n) is 4.45. The van der Waals surface area contributed by atoms with Gasteiger partial charge in [0.25, 0.3) is 0 Å². The second-order valence-corrected chi connectivity index (χ2v) is 8.31. The average Bonchev–Trinajstić information content (AvgIpc) is 3.30. The van der Waals surface area contributed by atoms with E-state index in [-0.39, 0.29) is 6.54 Å². The molecule has 0 N–H and O–H groups in total. The topological polar surface area (TPSA) is 44.6 Å². The lowest BCUT2D eigenvalue weighted by Gasteiger charge is -2.37. The summed E-state index contributed by atoms with van der Waals surface area (Å²) in [6, 6.07) is 10.3. The third kappa shape index (κ3) is 4.13. The van der Waals surface area contributed by atoms with Crippen LogP contribution in [0.5, 0.6) is 0 Å². The summed E-state index contributed by atoms with van der Waals surface area (Å²) in [5.41, 5.74) is 4.60. The zero-order chi connectivity index (χ0) is 22.1. The number of dihydropyridines is 1. The number of allylic oxidation sites excluding steroid dienone is 1. The molecule has 0 saturated carbocycles. The second kappa shape index (κ2) is 8.41. The SMILES string of the molecule is FC(F)(F)C1C=CC(N2CCN(c3nnc(Cc4ccccc4)c4c3C=CC4)CC2)=NC1. The molecule has 32 heavy (non-hydrogen) atoms. The Labute approximate surface area is 185 Å². The highest BCUT2D eigenvalue weighted by Gasteiger charge is 2.39. The lowest BCUT2D eigenvalue weighted by molar-refractivity contribution is -0.158. The molecular formula is C24H24F3N5. The van der Waals surface area contributed by atoms with Gasteiger partial charge in [0.2, 0.25) is 0 Å². The summed E-state index contributed by atoms with van der Waals surface area (Å²) in [6.45, 7) is 2.59. The van der Waals surface area contributed by atoms with Gasteiger partial charge in [-0.3, -0.25) is 4.99 Å². The number of benzene rings is 1. The molecule has 1 atom stereocenters. The second-order valence-electron chi connectivity index (χ2n) is 8.31. The molecule has 0 spiro atoms. The molecule has 3 heterocycles. The van der Waals surface area contributed by atoms with E-state index >= 15 is 0 Å². The number of fused-ring (bicyclic) bond motifs is 1. The van der Waals surface area contributed by atoms with E-state index in [1.54, 1.807) is 0 Å². The highest BCUT2D eigenvalue weighted by atomic mass is 19.4. The number of aliphatic imine (C=N–C) groups is 1. The van der Waals surface area contributed by atoms with Crippen LogP contribution < -0.4 is 4.90 Å². The number of nitrogens with zero attached hydrogens (tertiary/aromatic N) is 5. The van der Waals surface area contributed by atoms with Crippen molar-refractivity contribution in [2.45, 2.75) is 19.0 Å². The van der Waals surface area contributed by atoms with Gasteiger partial charge in [-0.25, -0.2) is 0 Å². The lowest BCUT2D eigenvalue weighted by atomic mass is 10.0. The number of aromatic nitrogens is 2. The number of hydrogen-bond acceptors (Lipinski definition) is 5. The maximum Gasteiger partial charge on any atom is 0.396 e. The van der Waals surface area contributed by atoms with Gasteiger partial charge in [0.1, 0.15) is 5.84 Å². The molecule has 1 unspecified atom stereocenters. The van der Waals surface area contributed by atoms with Crippen LogP contribution >= 0.6 is 0 Å². The van der Waals surface area contributed by atoms with E-state index in [2.05, 4.69) is 44.4 Å². The Morgan fingerprint density at radius 3 is 2.38 bits per heavy atom. The minimum atomic E-state index is -4.23. The Kier molecular flexibility index (Phi) is 5.45. The van der Waals surface area contributed by atoms with Gasteiger partial charge in [0, 0.05) is 38.2 Å². The van der Waals surface area contributed by atoms with Crippen molar-refractivity contribution in [1.29, 1.82) is 0 Å². The van der Waals surface area contributed by atoms with Gasteiger partial charge >= 0.3 is 6.18 Å². The normalized spacial score (nSPS) is 20.5. The molecule has 1 aromatic heterocycles. The van der Waals surface area contributed by atoms with Crippen molar-refractivity contribution in [2.24, 2.45) is 10.9 Å². The third-order valence-electron chi connectivity index (χ3n) is 6.25. The number of piperazine rings is 1. The van der Waals surface area contributed by atoms with Gasteiger partial charge in [-0.1, -0.05) is 48.6 Å². The van der Waals surface area contributed by atoms with Crippen molar-refractivity contribution in [3.8, 4) is 0 Å². The monoisotopic (exact) mass is 439 g/mol. The van der Waals surface area contributed by atoms with Crippen LogP contribution in [-0.4, -0.2) is 59.8 Å². The van der Waals surface area contributed by atoms with E-state index in [4.69, 9.17) is 0 Å². The van der Waals surface area contributed by atoms with Crippen LogP contribution in [0, 0.1) is 5.92 Å². The number of anilines is 1. The molecule has 1 aliphatic carbocycles. The maximum atomic E-state index is 12.8. The molecule has 8 heteroatoms. The first-order valence-corrected chi connectivity index (χ1v) is 10.9. The zero-order valence-electron chi connectivity index (χ0n) is 17.6. The summed E-state index contributed by atoms with van der Waals surface area (Å²) in [6.07, 6.45) is 4.41. The largest absolute Gasteiger partial charge is 0.396 e. The Bertz CT molecular complexity index is 1070. The predicted octanol–water partition coefficient (Wildman–Crippen LogP) is 3.91. The standard InChI is InChI=1S/C24H24F3N5/c25-24(26,27)18-9-10-22(28-16-18)31-11-13-32(14-12-31)23-20-8-4-7-19(20)21(29-30-23)15-17-5-2-1-3-6-17/h1-6,8-10,18H,7,11-16H2. The Hall–Kier alpha value is -3.16. The van der Waals surface area contributed by atoms with Gasteiger partial charge in [-0.05, 0) is 23.6 Å². The molecule has 0 radical (unpaired) electrons. The number of rotatable bonds is 3. The van der Waals surface area contributed by atoms with Crippen molar-refractivity contribution in [2.75, 3.05) is 37.6 Å². The quantitative estimate of drug-likeness (QED) is 0.728. The van der Waals surface area contributed by atoms with Crippen LogP contribution in [0.2, 0.25) is 0 Å². The van der Waals surface area contributed by atoms with Crippen LogP contribution in [0.1, 0.15) is 22.4 Å². The fourth-order valence-corrected chi connectivity index (χ4v) is 4.45. The van der Waals surface area contributed by atoms with Gasteiger partial charge in [0.05, 0.1) is 18.2 Å². The molecule has 2 aromatic rings. The summed E-state index contributed by atoms with van der Waals surface area (Å²) >= 11 is 0. The van der Waals surface area contributed by atoms with E-state index in [9.17, 15) is 13.2 Å². The summed E-state index contributed by atoms with van der Waals surface area (Å²) in [5.74, 6) is 0.0506. The predicted molar refractivity (Wildman–Crippen MR) is 119 cm³/mol. The zero-order valence-corrected chi connectivity index (χ0v) is 17.6. The van der Waals surface area contributed by atoms with Crippen LogP contribution in [0.25, 0.3) is 6.08 Å². The molecule has 166 valence electrons. The highest BCUT2D eigenvalue weighted by molar-refractivity contribution is 5.93. The Balaban J connectivity index is 1.27. The molecule has 2 aliphatic heterocycles. The maximum absolute atomic E-state index is 12.8. The molecule has 1 fully saturated rings. The Morgan fingerprint density at radius 1 is 0.938 bits per heavy atom. The van der Waals surface area contributed by atoms with Crippen LogP contribution in [0.3, 0.4) is 0 Å². The fraction of sp³-hybridized carbons (Fsp3) is 0.375. The van der Waals surface area contributed by atoms with E-state index < -0.39 is 12.1 Å². The van der Waals surface area contributed by atoms with Crippen LogP contribution in [0.15, 0.2) is 53.6 Å². The van der Waals surface area contributed by atoms with Crippen molar-refractivity contribution in [3.63, 3.8) is 0 Å². The number of amidine groups is 1. The van der Waals surface area contributed by atoms with Crippen molar-refractivity contribution in [1.82, 2.24) is 15.1 Å². The van der Waals surface area contributed by atoms with E-state index in [0.29, 0.717) is 18.9 Å². The number of hydrogen-bond donors (Lipinski definition) is 0. The summed E-state index contributed by atoms with van der Waals surface area (Å²) < 4.78 is 38.5. The van der Waals surface area contributed by atoms with E-state index in [1.165, 1.54) is 23.3 Å². The van der Waals surface area contributed by atoms with Crippen LogP contribution in [0.4, 0.5) is 19.0 Å². The van der Waals surface area contributed by atoms with Crippen molar-refractivity contribution < 1.29 is 13.2 Å². The minimum absolute atomic E-state index is 0.234. The third-order valence-corrected chi connectivity index (χ3v) is 6.25. The van der Waals surface area contributed by atoms with Gasteiger partial charge in [0.15, 0.2) is 5.82 Å². The number of alkyl halides is 3. The lowest BCUT2D eigenvalue weighted by Crippen LogP contribution is -2.49. The Morgan fingerprint density at radius 2 is 1.69 bits per heavy atom. The first-order valence-electron chi connectivity index (χ1n) is 10.9. The molecule has 0 amide bonds. The first-order chi connectivity index (χ1) is 15.5. The summed E-state index contributed by atoms with van der Waals surface area (Å²) in [4.78, 5) is 8.45. The molecule has 0 bridgehead atoms. The molecule has 5 rings (SSSR count). The van der Waals surface area contributed by atoms with Gasteiger partial charge in [-0.2, -0.15) is 18.3 Å². The smallest absolute Gasteiger partial charge is 0.353 e. The molecule has 1 aromatic carbocycles. The van der Waals surface area contributed by atoms with Crippen LogP contribution in [-0.2, 0) is 12.8 Å². The molecular weight excluding hydrogens is 415 g/mol. The van der Waals surface area contributed by atoms with E-state index in [1.807, 2.05) is 23.1 Å². The average molecular weight is 439 g/mol. The van der Waals surface area contributed by atoms with Crippen molar-refractivity contribution in [3.05, 3.63) is 70.9 Å².